The van der Waals surface area contributed by atoms with Crippen LogP contribution in [0, 0.1) is 29.2 Å². The van der Waals surface area contributed by atoms with Crippen LogP contribution in [0.4, 0.5) is 5.69 Å². The molecule has 1 heterocycles. The third-order valence-electron chi connectivity index (χ3n) is 4.19. The number of amides is 1. The molecule has 1 aliphatic heterocycles. The standard InChI is InChI=1S/C18H20N4O4/c1-11(23)26-18(25)15(3-2-9-19)14-8-10-22(17(14)24)13-6-4-12(5-7-13)16(20)21/h4-7,14-15H,3,8,10,19H2,1H3,(H3,20,21). The quantitative estimate of drug-likeness (QED) is 0.174. The molecule has 0 bridgehead atoms. The van der Waals surface area contributed by atoms with Crippen molar-refractivity contribution in [3.63, 3.8) is 0 Å². The zero-order valence-electron chi connectivity index (χ0n) is 14.3. The predicted octanol–water partition coefficient (Wildman–Crippen LogP) is 0.339. The second-order valence-electron chi connectivity index (χ2n) is 5.89. The first kappa shape index (κ1) is 19.0. The molecule has 0 saturated carbocycles. The summed E-state index contributed by atoms with van der Waals surface area (Å²) in [6, 6.07) is 8.90. The number of esters is 2. The Kier molecular flexibility index (Phi) is 5.96. The van der Waals surface area contributed by atoms with E-state index in [4.69, 9.17) is 16.9 Å². The number of benzene rings is 1. The Labute approximate surface area is 151 Å². The summed E-state index contributed by atoms with van der Waals surface area (Å²) in [6.07, 6.45) is 0.466. The Bertz CT molecular complexity index is 792. The SMILES string of the molecule is CC(=O)OC(=O)C(CC#CN)C1CCN(c2ccc(C(=N)N)cc2)C1=O. The molecule has 2 rings (SSSR count). The van der Waals surface area contributed by atoms with Gasteiger partial charge in [-0.1, -0.05) is 5.92 Å². The van der Waals surface area contributed by atoms with Crippen LogP contribution in [0.1, 0.15) is 25.3 Å². The maximum absolute atomic E-state index is 12.8. The van der Waals surface area contributed by atoms with Crippen molar-refractivity contribution in [2.45, 2.75) is 19.8 Å². The van der Waals surface area contributed by atoms with Gasteiger partial charge in [-0.05, 0) is 30.7 Å². The molecule has 1 saturated heterocycles. The van der Waals surface area contributed by atoms with Gasteiger partial charge in [-0.3, -0.25) is 19.8 Å². The summed E-state index contributed by atoms with van der Waals surface area (Å²) >= 11 is 0. The minimum Gasteiger partial charge on any atom is -0.393 e. The first-order chi connectivity index (χ1) is 12.3. The number of rotatable bonds is 5. The van der Waals surface area contributed by atoms with Crippen LogP contribution in [0.25, 0.3) is 0 Å². The fraction of sp³-hybridized carbons (Fsp3) is 0.333. The van der Waals surface area contributed by atoms with Crippen molar-refractivity contribution in [1.82, 2.24) is 0 Å². The summed E-state index contributed by atoms with van der Waals surface area (Å²) in [5.74, 6) is -0.729. The van der Waals surface area contributed by atoms with Crippen molar-refractivity contribution >= 4 is 29.4 Å². The number of nitrogens with one attached hydrogen (secondary N) is 1. The van der Waals surface area contributed by atoms with Crippen molar-refractivity contribution in [3.8, 4) is 12.0 Å². The third-order valence-corrected chi connectivity index (χ3v) is 4.19. The van der Waals surface area contributed by atoms with Gasteiger partial charge >= 0.3 is 11.9 Å². The van der Waals surface area contributed by atoms with E-state index in [9.17, 15) is 14.4 Å². The summed E-state index contributed by atoms with van der Waals surface area (Å²) in [7, 11) is 0. The first-order valence-corrected chi connectivity index (χ1v) is 8.01. The van der Waals surface area contributed by atoms with E-state index in [2.05, 4.69) is 16.7 Å². The molecule has 1 aromatic rings. The lowest BCUT2D eigenvalue weighted by molar-refractivity contribution is -0.163. The predicted molar refractivity (Wildman–Crippen MR) is 94.8 cm³/mol. The van der Waals surface area contributed by atoms with Crippen molar-refractivity contribution in [3.05, 3.63) is 29.8 Å². The first-order valence-electron chi connectivity index (χ1n) is 8.01. The van der Waals surface area contributed by atoms with Crippen LogP contribution in [-0.4, -0.2) is 30.2 Å². The van der Waals surface area contributed by atoms with E-state index >= 15 is 0 Å². The smallest absolute Gasteiger partial charge is 0.318 e. The number of hydrogen-bond donors (Lipinski definition) is 3. The normalized spacial score (nSPS) is 17.2. The Morgan fingerprint density at radius 2 is 2.04 bits per heavy atom. The summed E-state index contributed by atoms with van der Waals surface area (Å²) in [5, 5.41) is 7.41. The summed E-state index contributed by atoms with van der Waals surface area (Å²) in [6.45, 7) is 1.55. The lowest BCUT2D eigenvalue weighted by Crippen LogP contribution is -2.34. The summed E-state index contributed by atoms with van der Waals surface area (Å²) in [4.78, 5) is 37.6. The fourth-order valence-corrected chi connectivity index (χ4v) is 2.93. The Morgan fingerprint density at radius 1 is 1.38 bits per heavy atom. The van der Waals surface area contributed by atoms with Gasteiger partial charge < -0.3 is 21.1 Å². The van der Waals surface area contributed by atoms with Gasteiger partial charge in [0, 0.05) is 37.2 Å². The number of nitrogens with two attached hydrogens (primary N) is 2. The highest BCUT2D eigenvalue weighted by Crippen LogP contribution is 2.32. The Balaban J connectivity index is 2.20. The highest BCUT2D eigenvalue weighted by atomic mass is 16.6. The molecule has 0 aromatic heterocycles. The molecule has 0 aliphatic carbocycles. The molecule has 2 unspecified atom stereocenters. The third kappa shape index (κ3) is 4.19. The Morgan fingerprint density at radius 3 is 2.58 bits per heavy atom. The van der Waals surface area contributed by atoms with E-state index in [0.29, 0.717) is 24.2 Å². The minimum atomic E-state index is -0.857. The van der Waals surface area contributed by atoms with E-state index in [1.54, 1.807) is 29.2 Å². The topological polar surface area (TPSA) is 140 Å². The van der Waals surface area contributed by atoms with E-state index < -0.39 is 23.8 Å². The van der Waals surface area contributed by atoms with Gasteiger partial charge in [-0.15, -0.1) is 0 Å². The molecule has 8 nitrogen and oxygen atoms in total. The molecule has 2 atom stereocenters. The highest BCUT2D eigenvalue weighted by molar-refractivity contribution is 6.01. The molecule has 8 heteroatoms. The molecule has 0 spiro atoms. The lowest BCUT2D eigenvalue weighted by atomic mass is 9.88. The van der Waals surface area contributed by atoms with Gasteiger partial charge in [0.25, 0.3) is 0 Å². The van der Waals surface area contributed by atoms with Crippen LogP contribution in [-0.2, 0) is 19.1 Å². The number of carbonyl (C=O) groups excluding carboxylic acids is 3. The lowest BCUT2D eigenvalue weighted by Gasteiger charge is -2.20. The number of anilines is 1. The molecular weight excluding hydrogens is 336 g/mol. The molecule has 26 heavy (non-hydrogen) atoms. The van der Waals surface area contributed by atoms with Gasteiger partial charge in [-0.2, -0.15) is 0 Å². The maximum Gasteiger partial charge on any atom is 0.318 e. The van der Waals surface area contributed by atoms with E-state index in [0.717, 1.165) is 6.92 Å². The van der Waals surface area contributed by atoms with E-state index in [1.165, 1.54) is 0 Å². The van der Waals surface area contributed by atoms with Crippen LogP contribution in [0.3, 0.4) is 0 Å². The number of carbonyl (C=O) groups is 3. The van der Waals surface area contributed by atoms with Gasteiger partial charge in [0.1, 0.15) is 5.84 Å². The van der Waals surface area contributed by atoms with Crippen molar-refractivity contribution < 1.29 is 19.1 Å². The van der Waals surface area contributed by atoms with Gasteiger partial charge in [0.15, 0.2) is 0 Å². The summed E-state index contributed by atoms with van der Waals surface area (Å²) < 4.78 is 4.66. The number of hydrogen-bond acceptors (Lipinski definition) is 6. The monoisotopic (exact) mass is 356 g/mol. The fourth-order valence-electron chi connectivity index (χ4n) is 2.93. The van der Waals surface area contributed by atoms with Crippen molar-refractivity contribution in [1.29, 1.82) is 5.41 Å². The molecule has 1 amide bonds. The van der Waals surface area contributed by atoms with Crippen molar-refractivity contribution in [2.24, 2.45) is 23.3 Å². The zero-order valence-corrected chi connectivity index (χ0v) is 14.3. The van der Waals surface area contributed by atoms with E-state index in [-0.39, 0.29) is 18.2 Å². The van der Waals surface area contributed by atoms with Crippen molar-refractivity contribution in [2.75, 3.05) is 11.4 Å². The molecular formula is C18H20N4O4. The molecule has 0 radical (unpaired) electrons. The highest BCUT2D eigenvalue weighted by Gasteiger charge is 2.42. The minimum absolute atomic E-state index is 0.0378. The number of amidine groups is 1. The van der Waals surface area contributed by atoms with Gasteiger partial charge in [0.2, 0.25) is 5.91 Å². The summed E-state index contributed by atoms with van der Waals surface area (Å²) in [5.41, 5.74) is 11.8. The zero-order chi connectivity index (χ0) is 19.3. The average molecular weight is 356 g/mol. The molecule has 5 N–H and O–H groups in total. The van der Waals surface area contributed by atoms with Gasteiger partial charge in [-0.25, -0.2) is 0 Å². The van der Waals surface area contributed by atoms with Crippen LogP contribution in [0.5, 0.6) is 0 Å². The largest absolute Gasteiger partial charge is 0.393 e. The Hall–Kier alpha value is -3.34. The van der Waals surface area contributed by atoms with Crippen LogP contribution >= 0.6 is 0 Å². The molecule has 1 aromatic carbocycles. The van der Waals surface area contributed by atoms with Gasteiger partial charge in [0.05, 0.1) is 11.8 Å². The number of ether oxygens (including phenoxy) is 1. The second-order valence-corrected chi connectivity index (χ2v) is 5.89. The average Bonchev–Trinajstić information content (AvgIpc) is 2.96. The second kappa shape index (κ2) is 8.16. The number of nitrogen functional groups attached to an aromatic ring is 1. The van der Waals surface area contributed by atoms with E-state index in [1.807, 2.05) is 0 Å². The molecule has 1 aliphatic rings. The van der Waals surface area contributed by atoms with Crippen LogP contribution in [0.15, 0.2) is 24.3 Å². The number of nitrogens with zero attached hydrogens (tertiary/aromatic N) is 1. The molecule has 136 valence electrons. The van der Waals surface area contributed by atoms with Crippen LogP contribution < -0.4 is 16.4 Å². The molecule has 1 fully saturated rings. The maximum atomic E-state index is 12.8. The van der Waals surface area contributed by atoms with Crippen LogP contribution in [0.2, 0.25) is 0 Å².